The minimum atomic E-state index is -3.57. The third kappa shape index (κ3) is 6.52. The fourth-order valence-corrected chi connectivity index (χ4v) is 4.82. The standard InChI is InChI=1S/C20H32N4O4S/c1-4-21-19(25)14-23(5-2)15-20(26)22-18-13-17(10-9-16(18)3)29(27,28)24-11-7-6-8-12-24/h9-10,13H,4-8,11-12,14-15H2,1-3H3,(H,21,25)(H,22,26). The topological polar surface area (TPSA) is 98.8 Å². The molecule has 2 rings (SSSR count). The number of aryl methyl sites for hydroxylation is 1. The Hall–Kier alpha value is -1.97. The van der Waals surface area contributed by atoms with E-state index in [2.05, 4.69) is 10.6 Å². The van der Waals surface area contributed by atoms with Crippen LogP contribution in [0.1, 0.15) is 38.7 Å². The number of rotatable bonds is 9. The molecule has 0 bridgehead atoms. The Balaban J connectivity index is 2.09. The van der Waals surface area contributed by atoms with E-state index in [1.807, 2.05) is 20.8 Å². The van der Waals surface area contributed by atoms with E-state index in [0.29, 0.717) is 31.9 Å². The Morgan fingerprint density at radius 1 is 1.07 bits per heavy atom. The average molecular weight is 425 g/mol. The molecule has 0 atom stereocenters. The molecule has 0 saturated carbocycles. The molecule has 1 aromatic carbocycles. The lowest BCUT2D eigenvalue weighted by Crippen LogP contribution is -2.41. The number of likely N-dealkylation sites (N-methyl/N-ethyl adjacent to an activating group) is 2. The fraction of sp³-hybridized carbons (Fsp3) is 0.600. The van der Waals surface area contributed by atoms with Crippen molar-refractivity contribution in [3.8, 4) is 0 Å². The van der Waals surface area contributed by atoms with Gasteiger partial charge in [-0.2, -0.15) is 4.31 Å². The Bertz CT molecular complexity index is 820. The monoisotopic (exact) mass is 424 g/mol. The van der Waals surface area contributed by atoms with Gasteiger partial charge in [-0.25, -0.2) is 8.42 Å². The smallest absolute Gasteiger partial charge is 0.243 e. The van der Waals surface area contributed by atoms with Crippen molar-refractivity contribution in [1.29, 1.82) is 0 Å². The summed E-state index contributed by atoms with van der Waals surface area (Å²) in [6.45, 7) is 7.88. The predicted molar refractivity (Wildman–Crippen MR) is 113 cm³/mol. The van der Waals surface area contributed by atoms with Crippen LogP contribution in [0.4, 0.5) is 5.69 Å². The van der Waals surface area contributed by atoms with Gasteiger partial charge in [-0.1, -0.05) is 19.4 Å². The maximum absolute atomic E-state index is 12.9. The fourth-order valence-electron chi connectivity index (χ4n) is 3.28. The van der Waals surface area contributed by atoms with E-state index >= 15 is 0 Å². The highest BCUT2D eigenvalue weighted by Crippen LogP contribution is 2.25. The molecule has 29 heavy (non-hydrogen) atoms. The van der Waals surface area contributed by atoms with Crippen molar-refractivity contribution in [1.82, 2.24) is 14.5 Å². The van der Waals surface area contributed by atoms with Crippen molar-refractivity contribution < 1.29 is 18.0 Å². The van der Waals surface area contributed by atoms with E-state index in [1.54, 1.807) is 17.0 Å². The first-order valence-electron chi connectivity index (χ1n) is 10.2. The first kappa shape index (κ1) is 23.3. The lowest BCUT2D eigenvalue weighted by atomic mass is 10.2. The molecule has 8 nitrogen and oxygen atoms in total. The van der Waals surface area contributed by atoms with Crippen LogP contribution >= 0.6 is 0 Å². The second-order valence-corrected chi connectivity index (χ2v) is 9.18. The van der Waals surface area contributed by atoms with Crippen molar-refractivity contribution in [3.63, 3.8) is 0 Å². The van der Waals surface area contributed by atoms with Crippen LogP contribution in [0, 0.1) is 6.92 Å². The Labute approximate surface area is 173 Å². The maximum Gasteiger partial charge on any atom is 0.243 e. The van der Waals surface area contributed by atoms with E-state index < -0.39 is 10.0 Å². The van der Waals surface area contributed by atoms with Gasteiger partial charge < -0.3 is 10.6 Å². The van der Waals surface area contributed by atoms with Crippen LogP contribution in [0.5, 0.6) is 0 Å². The normalized spacial score (nSPS) is 15.3. The number of nitrogens with one attached hydrogen (secondary N) is 2. The van der Waals surface area contributed by atoms with E-state index in [1.165, 1.54) is 10.4 Å². The number of carbonyl (C=O) groups is 2. The Morgan fingerprint density at radius 2 is 1.72 bits per heavy atom. The summed E-state index contributed by atoms with van der Waals surface area (Å²) in [6, 6.07) is 4.82. The summed E-state index contributed by atoms with van der Waals surface area (Å²) in [7, 11) is -3.57. The predicted octanol–water partition coefficient (Wildman–Crippen LogP) is 1.57. The van der Waals surface area contributed by atoms with Crippen molar-refractivity contribution in [2.75, 3.05) is 44.6 Å². The zero-order valence-electron chi connectivity index (χ0n) is 17.5. The quantitative estimate of drug-likeness (QED) is 0.627. The first-order chi connectivity index (χ1) is 13.8. The molecule has 1 heterocycles. The molecule has 2 amide bonds. The molecule has 1 aliphatic rings. The van der Waals surface area contributed by atoms with Crippen LogP contribution in [0.25, 0.3) is 0 Å². The first-order valence-corrected chi connectivity index (χ1v) is 11.6. The molecule has 0 aliphatic carbocycles. The van der Waals surface area contributed by atoms with Crippen LogP contribution in [-0.2, 0) is 19.6 Å². The van der Waals surface area contributed by atoms with Crippen molar-refractivity contribution in [3.05, 3.63) is 23.8 Å². The largest absolute Gasteiger partial charge is 0.355 e. The summed E-state index contributed by atoms with van der Waals surface area (Å²) in [5, 5.41) is 5.51. The highest BCUT2D eigenvalue weighted by Gasteiger charge is 2.26. The van der Waals surface area contributed by atoms with E-state index in [0.717, 1.165) is 24.8 Å². The van der Waals surface area contributed by atoms with Gasteiger partial charge in [0.25, 0.3) is 0 Å². The number of amides is 2. The molecule has 1 saturated heterocycles. The summed E-state index contributed by atoms with van der Waals surface area (Å²) in [5.74, 6) is -0.417. The summed E-state index contributed by atoms with van der Waals surface area (Å²) in [6.07, 6.45) is 2.78. The number of nitrogens with zero attached hydrogens (tertiary/aromatic N) is 2. The molecule has 9 heteroatoms. The van der Waals surface area contributed by atoms with Gasteiger partial charge in [-0.05, 0) is 50.9 Å². The number of hydrogen-bond donors (Lipinski definition) is 2. The second kappa shape index (κ2) is 10.7. The number of anilines is 1. The second-order valence-electron chi connectivity index (χ2n) is 7.25. The third-order valence-electron chi connectivity index (χ3n) is 4.99. The molecule has 2 N–H and O–H groups in total. The lowest BCUT2D eigenvalue weighted by Gasteiger charge is -2.26. The zero-order valence-corrected chi connectivity index (χ0v) is 18.3. The molecule has 1 aliphatic heterocycles. The van der Waals surface area contributed by atoms with Gasteiger partial charge in [0.15, 0.2) is 0 Å². The number of benzene rings is 1. The highest BCUT2D eigenvalue weighted by molar-refractivity contribution is 7.89. The molecule has 0 aromatic heterocycles. The number of sulfonamides is 1. The minimum absolute atomic E-state index is 0.0518. The number of hydrogen-bond acceptors (Lipinski definition) is 5. The van der Waals surface area contributed by atoms with Gasteiger partial charge in [-0.15, -0.1) is 0 Å². The Kier molecular flexibility index (Phi) is 8.60. The van der Waals surface area contributed by atoms with Gasteiger partial charge in [0.05, 0.1) is 18.0 Å². The summed E-state index contributed by atoms with van der Waals surface area (Å²) in [5.41, 5.74) is 1.25. The van der Waals surface area contributed by atoms with E-state index in [9.17, 15) is 18.0 Å². The van der Waals surface area contributed by atoms with Crippen molar-refractivity contribution in [2.24, 2.45) is 0 Å². The zero-order chi connectivity index (χ0) is 21.4. The van der Waals surface area contributed by atoms with Crippen LogP contribution in [-0.4, -0.2) is 68.7 Å². The highest BCUT2D eigenvalue weighted by atomic mass is 32.2. The molecule has 0 spiro atoms. The summed E-state index contributed by atoms with van der Waals surface area (Å²) in [4.78, 5) is 26.2. The number of carbonyl (C=O) groups excluding carboxylic acids is 2. The van der Waals surface area contributed by atoms with Crippen molar-refractivity contribution >= 4 is 27.5 Å². The van der Waals surface area contributed by atoms with Crippen LogP contribution in [0.3, 0.4) is 0 Å². The van der Waals surface area contributed by atoms with Crippen LogP contribution in [0.15, 0.2) is 23.1 Å². The van der Waals surface area contributed by atoms with Crippen LogP contribution < -0.4 is 10.6 Å². The minimum Gasteiger partial charge on any atom is -0.355 e. The van der Waals surface area contributed by atoms with Gasteiger partial charge in [-0.3, -0.25) is 14.5 Å². The van der Waals surface area contributed by atoms with E-state index in [4.69, 9.17) is 0 Å². The van der Waals surface area contributed by atoms with Crippen molar-refractivity contribution in [2.45, 2.75) is 44.9 Å². The van der Waals surface area contributed by atoms with Gasteiger partial charge >= 0.3 is 0 Å². The molecule has 162 valence electrons. The SMILES string of the molecule is CCNC(=O)CN(CC)CC(=O)Nc1cc(S(=O)(=O)N2CCCCC2)ccc1C. The lowest BCUT2D eigenvalue weighted by molar-refractivity contribution is -0.123. The summed E-state index contributed by atoms with van der Waals surface area (Å²) >= 11 is 0. The summed E-state index contributed by atoms with van der Waals surface area (Å²) < 4.78 is 27.3. The molecule has 1 fully saturated rings. The maximum atomic E-state index is 12.9. The molecule has 1 aromatic rings. The van der Waals surface area contributed by atoms with Gasteiger partial charge in [0.2, 0.25) is 21.8 Å². The molecular weight excluding hydrogens is 392 g/mol. The molecular formula is C20H32N4O4S. The van der Waals surface area contributed by atoms with Gasteiger partial charge in [0, 0.05) is 25.3 Å². The average Bonchev–Trinajstić information content (AvgIpc) is 2.69. The van der Waals surface area contributed by atoms with E-state index in [-0.39, 0.29) is 29.8 Å². The number of piperidine rings is 1. The van der Waals surface area contributed by atoms with Crippen LogP contribution in [0.2, 0.25) is 0 Å². The molecule has 0 unspecified atom stereocenters. The Morgan fingerprint density at radius 3 is 2.34 bits per heavy atom. The molecule has 0 radical (unpaired) electrons. The third-order valence-corrected chi connectivity index (χ3v) is 6.89. The van der Waals surface area contributed by atoms with Gasteiger partial charge in [0.1, 0.15) is 0 Å².